The lowest BCUT2D eigenvalue weighted by molar-refractivity contribution is -0.297. The Hall–Kier alpha value is -1.77. The number of hydrogen-bond donors (Lipinski definition) is 0. The number of benzene rings is 1. The molecule has 0 aliphatic heterocycles. The highest BCUT2D eigenvalue weighted by molar-refractivity contribution is 5.83. The predicted octanol–water partition coefficient (Wildman–Crippen LogP) is 0.848. The molecular formula is C11H11O3-. The Kier molecular flexibility index (Phi) is 3.73. The lowest BCUT2D eigenvalue weighted by Gasteiger charge is -2.03. The highest BCUT2D eigenvalue weighted by Gasteiger charge is 1.92. The van der Waals surface area contributed by atoms with Crippen molar-refractivity contribution in [3.63, 3.8) is 0 Å². The van der Waals surface area contributed by atoms with Crippen molar-refractivity contribution in [3.8, 4) is 5.75 Å². The van der Waals surface area contributed by atoms with Gasteiger partial charge in [0.15, 0.2) is 0 Å². The lowest BCUT2D eigenvalue weighted by atomic mass is 10.2. The van der Waals surface area contributed by atoms with E-state index in [0.29, 0.717) is 6.61 Å². The maximum absolute atomic E-state index is 10.2. The SMILES string of the molecule is CCOc1cccc(C=CC(=O)[O-])c1. The smallest absolute Gasteiger partial charge is 0.119 e. The number of carboxylic acids is 1. The minimum atomic E-state index is -1.20. The van der Waals surface area contributed by atoms with E-state index in [2.05, 4.69) is 0 Å². The molecule has 0 aromatic heterocycles. The van der Waals surface area contributed by atoms with Crippen molar-refractivity contribution >= 4 is 12.0 Å². The first-order valence-corrected chi connectivity index (χ1v) is 4.34. The van der Waals surface area contributed by atoms with E-state index >= 15 is 0 Å². The van der Waals surface area contributed by atoms with E-state index in [1.807, 2.05) is 13.0 Å². The van der Waals surface area contributed by atoms with Crippen LogP contribution in [0.15, 0.2) is 30.3 Å². The monoisotopic (exact) mass is 191 g/mol. The molecule has 0 saturated heterocycles. The van der Waals surface area contributed by atoms with Gasteiger partial charge in [-0.3, -0.25) is 0 Å². The van der Waals surface area contributed by atoms with Crippen LogP contribution >= 0.6 is 0 Å². The van der Waals surface area contributed by atoms with E-state index in [1.54, 1.807) is 18.2 Å². The first-order chi connectivity index (χ1) is 6.72. The molecule has 1 aromatic rings. The highest BCUT2D eigenvalue weighted by atomic mass is 16.5. The van der Waals surface area contributed by atoms with Crippen molar-refractivity contribution in [2.45, 2.75) is 6.92 Å². The lowest BCUT2D eigenvalue weighted by Crippen LogP contribution is -2.18. The molecule has 1 aromatic carbocycles. The van der Waals surface area contributed by atoms with Crippen molar-refractivity contribution in [1.29, 1.82) is 0 Å². The molecule has 3 nitrogen and oxygen atoms in total. The van der Waals surface area contributed by atoms with E-state index < -0.39 is 5.97 Å². The van der Waals surface area contributed by atoms with Crippen LogP contribution in [-0.2, 0) is 4.79 Å². The van der Waals surface area contributed by atoms with Gasteiger partial charge in [0.25, 0.3) is 0 Å². The summed E-state index contributed by atoms with van der Waals surface area (Å²) in [5, 5.41) is 10.2. The molecule has 14 heavy (non-hydrogen) atoms. The van der Waals surface area contributed by atoms with Gasteiger partial charge in [0, 0.05) is 0 Å². The quantitative estimate of drug-likeness (QED) is 0.663. The van der Waals surface area contributed by atoms with E-state index in [0.717, 1.165) is 17.4 Å². The zero-order valence-corrected chi connectivity index (χ0v) is 7.90. The molecule has 0 unspecified atom stereocenters. The average molecular weight is 191 g/mol. The van der Waals surface area contributed by atoms with Crippen molar-refractivity contribution in [2.24, 2.45) is 0 Å². The fourth-order valence-electron chi connectivity index (χ4n) is 1.04. The summed E-state index contributed by atoms with van der Waals surface area (Å²) < 4.78 is 5.26. The first-order valence-electron chi connectivity index (χ1n) is 4.34. The Labute approximate surface area is 82.6 Å². The molecule has 0 aliphatic carbocycles. The summed E-state index contributed by atoms with van der Waals surface area (Å²) in [6.45, 7) is 2.48. The molecule has 0 heterocycles. The second kappa shape index (κ2) is 5.07. The summed E-state index contributed by atoms with van der Waals surface area (Å²) in [7, 11) is 0. The largest absolute Gasteiger partial charge is 0.545 e. The minimum absolute atomic E-state index is 0.591. The molecule has 0 saturated carbocycles. The third-order valence-corrected chi connectivity index (χ3v) is 1.58. The molecule has 74 valence electrons. The average Bonchev–Trinajstić information content (AvgIpc) is 2.16. The summed E-state index contributed by atoms with van der Waals surface area (Å²) in [6.07, 6.45) is 2.46. The molecule has 0 amide bonds. The van der Waals surface area contributed by atoms with Gasteiger partial charge in [0.05, 0.1) is 12.6 Å². The topological polar surface area (TPSA) is 49.4 Å². The second-order valence-corrected chi connectivity index (χ2v) is 2.66. The molecule has 0 atom stereocenters. The van der Waals surface area contributed by atoms with E-state index in [4.69, 9.17) is 4.74 Å². The van der Waals surface area contributed by atoms with Gasteiger partial charge in [-0.1, -0.05) is 18.2 Å². The standard InChI is InChI=1S/C11H12O3/c1-2-14-10-5-3-4-9(8-10)6-7-11(12)13/h3-8H,2H2,1H3,(H,12,13)/p-1. The van der Waals surface area contributed by atoms with Gasteiger partial charge < -0.3 is 14.6 Å². The highest BCUT2D eigenvalue weighted by Crippen LogP contribution is 2.14. The van der Waals surface area contributed by atoms with Gasteiger partial charge in [-0.2, -0.15) is 0 Å². The number of ether oxygens (including phenoxy) is 1. The zero-order chi connectivity index (χ0) is 10.4. The van der Waals surface area contributed by atoms with Crippen LogP contribution in [0.1, 0.15) is 12.5 Å². The fraction of sp³-hybridized carbons (Fsp3) is 0.182. The number of rotatable bonds is 4. The van der Waals surface area contributed by atoms with Gasteiger partial charge in [-0.05, 0) is 30.7 Å². The number of carbonyl (C=O) groups is 1. The summed E-state index contributed by atoms with van der Waals surface area (Å²) in [5.41, 5.74) is 0.778. The molecule has 0 fully saturated rings. The molecule has 1 rings (SSSR count). The van der Waals surface area contributed by atoms with Crippen LogP contribution < -0.4 is 9.84 Å². The minimum Gasteiger partial charge on any atom is -0.545 e. The van der Waals surface area contributed by atoms with Crippen LogP contribution in [0.3, 0.4) is 0 Å². The maximum atomic E-state index is 10.2. The maximum Gasteiger partial charge on any atom is 0.119 e. The molecular weight excluding hydrogens is 180 g/mol. The van der Waals surface area contributed by atoms with Crippen molar-refractivity contribution < 1.29 is 14.6 Å². The van der Waals surface area contributed by atoms with Gasteiger partial charge in [-0.15, -0.1) is 0 Å². The van der Waals surface area contributed by atoms with Crippen molar-refractivity contribution in [3.05, 3.63) is 35.9 Å². The Balaban J connectivity index is 2.77. The summed E-state index contributed by atoms with van der Waals surface area (Å²) in [4.78, 5) is 10.2. The fourth-order valence-corrected chi connectivity index (χ4v) is 1.04. The summed E-state index contributed by atoms with van der Waals surface area (Å²) in [6, 6.07) is 7.19. The van der Waals surface area contributed by atoms with Gasteiger partial charge in [-0.25, -0.2) is 0 Å². The van der Waals surface area contributed by atoms with Crippen LogP contribution in [0.2, 0.25) is 0 Å². The molecule has 3 heteroatoms. The van der Waals surface area contributed by atoms with Crippen molar-refractivity contribution in [2.75, 3.05) is 6.61 Å². The van der Waals surface area contributed by atoms with Crippen LogP contribution in [0.25, 0.3) is 6.08 Å². The Morgan fingerprint density at radius 2 is 2.36 bits per heavy atom. The molecule has 0 N–H and O–H groups in total. The Morgan fingerprint density at radius 1 is 1.57 bits per heavy atom. The third-order valence-electron chi connectivity index (χ3n) is 1.58. The third kappa shape index (κ3) is 3.31. The number of aliphatic carboxylic acids is 1. The number of carboxylic acid groups (broad SMARTS) is 1. The van der Waals surface area contributed by atoms with Crippen LogP contribution in [-0.4, -0.2) is 12.6 Å². The van der Waals surface area contributed by atoms with Crippen LogP contribution in [0, 0.1) is 0 Å². The first kappa shape index (κ1) is 10.3. The predicted molar refractivity (Wildman–Crippen MR) is 51.7 cm³/mol. The van der Waals surface area contributed by atoms with Crippen LogP contribution in [0.4, 0.5) is 0 Å². The van der Waals surface area contributed by atoms with Gasteiger partial charge in [0.2, 0.25) is 0 Å². The molecule has 0 radical (unpaired) electrons. The van der Waals surface area contributed by atoms with E-state index in [-0.39, 0.29) is 0 Å². The summed E-state index contributed by atoms with van der Waals surface area (Å²) >= 11 is 0. The Bertz CT molecular complexity index is 342. The molecule has 0 bridgehead atoms. The van der Waals surface area contributed by atoms with Gasteiger partial charge >= 0.3 is 0 Å². The van der Waals surface area contributed by atoms with E-state index in [1.165, 1.54) is 6.08 Å². The van der Waals surface area contributed by atoms with Crippen molar-refractivity contribution in [1.82, 2.24) is 0 Å². The Morgan fingerprint density at radius 3 is 3.00 bits per heavy atom. The van der Waals surface area contributed by atoms with Crippen LogP contribution in [0.5, 0.6) is 5.75 Å². The second-order valence-electron chi connectivity index (χ2n) is 2.66. The number of carbonyl (C=O) groups excluding carboxylic acids is 1. The molecule has 0 aliphatic rings. The van der Waals surface area contributed by atoms with E-state index in [9.17, 15) is 9.90 Å². The number of hydrogen-bond acceptors (Lipinski definition) is 3. The normalized spacial score (nSPS) is 10.4. The zero-order valence-electron chi connectivity index (χ0n) is 7.90. The summed E-state index contributed by atoms with van der Waals surface area (Å²) in [5.74, 6) is -0.472. The van der Waals surface area contributed by atoms with Gasteiger partial charge in [0.1, 0.15) is 5.75 Å². The molecule has 0 spiro atoms.